The van der Waals surface area contributed by atoms with Crippen molar-refractivity contribution in [2.75, 3.05) is 44.5 Å². The van der Waals surface area contributed by atoms with Crippen LogP contribution in [-0.2, 0) is 9.53 Å². The summed E-state index contributed by atoms with van der Waals surface area (Å²) >= 11 is 0. The van der Waals surface area contributed by atoms with Gasteiger partial charge in [0.15, 0.2) is 11.6 Å². The molecule has 0 fully saturated rings. The molecule has 0 saturated heterocycles. The Labute approximate surface area is 117 Å². The van der Waals surface area contributed by atoms with Crippen molar-refractivity contribution in [3.8, 4) is 5.75 Å². The first-order valence-electron chi connectivity index (χ1n) is 6.29. The molecule has 0 atom stereocenters. The molecule has 7 heteroatoms. The number of methoxy groups -OCH3 is 1. The van der Waals surface area contributed by atoms with Crippen molar-refractivity contribution in [3.05, 3.63) is 17.9 Å². The Morgan fingerprint density at radius 2 is 2.20 bits per heavy atom. The minimum atomic E-state index is -0.528. The number of nitrogen functional groups attached to an aromatic ring is 1. The number of benzene rings is 1. The van der Waals surface area contributed by atoms with Crippen LogP contribution in [0.3, 0.4) is 0 Å². The van der Waals surface area contributed by atoms with E-state index in [1.165, 1.54) is 6.07 Å². The Morgan fingerprint density at radius 3 is 2.85 bits per heavy atom. The molecule has 6 nitrogen and oxygen atoms in total. The third-order valence-electron chi connectivity index (χ3n) is 2.47. The minimum Gasteiger partial charge on any atom is -0.491 e. The Kier molecular flexibility index (Phi) is 6.58. The Balaban J connectivity index is 2.58. The summed E-state index contributed by atoms with van der Waals surface area (Å²) in [5, 5.41) is 5.49. The molecule has 1 aromatic rings. The number of carbonyl (C=O) groups is 1. The molecule has 112 valence electrons. The highest BCUT2D eigenvalue weighted by Gasteiger charge is 2.09. The molecule has 0 saturated carbocycles. The van der Waals surface area contributed by atoms with Crippen molar-refractivity contribution < 1.29 is 18.7 Å². The maximum Gasteiger partial charge on any atom is 0.239 e. The highest BCUT2D eigenvalue weighted by atomic mass is 19.1. The van der Waals surface area contributed by atoms with E-state index in [-0.39, 0.29) is 23.9 Å². The van der Waals surface area contributed by atoms with Crippen molar-refractivity contribution in [1.82, 2.24) is 5.32 Å². The summed E-state index contributed by atoms with van der Waals surface area (Å²) in [6.45, 7) is 3.01. The molecule has 0 aliphatic rings. The van der Waals surface area contributed by atoms with Crippen LogP contribution in [0.4, 0.5) is 15.8 Å². The molecular weight excluding hydrogens is 265 g/mol. The molecule has 0 bridgehead atoms. The van der Waals surface area contributed by atoms with Crippen molar-refractivity contribution in [2.24, 2.45) is 0 Å². The highest BCUT2D eigenvalue weighted by Crippen LogP contribution is 2.28. The number of amides is 1. The van der Waals surface area contributed by atoms with Gasteiger partial charge in [0.2, 0.25) is 5.91 Å². The first-order chi connectivity index (χ1) is 9.58. The smallest absolute Gasteiger partial charge is 0.239 e. The van der Waals surface area contributed by atoms with E-state index in [1.54, 1.807) is 14.0 Å². The van der Waals surface area contributed by atoms with Crippen LogP contribution in [-0.4, -0.2) is 39.3 Å². The fraction of sp³-hybridized carbons (Fsp3) is 0.462. The predicted octanol–water partition coefficient (Wildman–Crippen LogP) is 0.981. The summed E-state index contributed by atoms with van der Waals surface area (Å²) in [7, 11) is 1.55. The minimum absolute atomic E-state index is 0.0328. The molecule has 0 radical (unpaired) electrons. The monoisotopic (exact) mass is 285 g/mol. The summed E-state index contributed by atoms with van der Waals surface area (Å²) in [4.78, 5) is 11.5. The van der Waals surface area contributed by atoms with Gasteiger partial charge in [-0.1, -0.05) is 0 Å². The van der Waals surface area contributed by atoms with Gasteiger partial charge in [-0.25, -0.2) is 4.39 Å². The van der Waals surface area contributed by atoms with E-state index in [1.807, 2.05) is 0 Å². The normalized spacial score (nSPS) is 10.2. The second kappa shape index (κ2) is 8.21. The van der Waals surface area contributed by atoms with Crippen LogP contribution in [0.25, 0.3) is 0 Å². The molecule has 1 rings (SSSR count). The molecule has 1 amide bonds. The van der Waals surface area contributed by atoms with Gasteiger partial charge < -0.3 is 25.8 Å². The average Bonchev–Trinajstić information content (AvgIpc) is 2.41. The molecule has 0 spiro atoms. The van der Waals surface area contributed by atoms with E-state index in [0.717, 1.165) is 6.07 Å². The number of halogens is 1. The first kappa shape index (κ1) is 16.0. The van der Waals surface area contributed by atoms with Crippen molar-refractivity contribution in [1.29, 1.82) is 0 Å². The van der Waals surface area contributed by atoms with Crippen LogP contribution < -0.4 is 21.1 Å². The zero-order valence-corrected chi connectivity index (χ0v) is 11.7. The van der Waals surface area contributed by atoms with Gasteiger partial charge in [0.25, 0.3) is 0 Å². The SMILES string of the molecule is CCOc1cc(NCC(=O)NCCOC)c(N)cc1F. The highest BCUT2D eigenvalue weighted by molar-refractivity contribution is 5.82. The van der Waals surface area contributed by atoms with Gasteiger partial charge in [0, 0.05) is 25.8 Å². The van der Waals surface area contributed by atoms with Crippen molar-refractivity contribution in [3.63, 3.8) is 0 Å². The maximum absolute atomic E-state index is 13.5. The molecule has 0 aromatic heterocycles. The lowest BCUT2D eigenvalue weighted by molar-refractivity contribution is -0.119. The lowest BCUT2D eigenvalue weighted by Gasteiger charge is -2.12. The van der Waals surface area contributed by atoms with Gasteiger partial charge in [-0.05, 0) is 6.92 Å². The van der Waals surface area contributed by atoms with Gasteiger partial charge in [-0.2, -0.15) is 0 Å². The maximum atomic E-state index is 13.5. The van der Waals surface area contributed by atoms with E-state index >= 15 is 0 Å². The van der Waals surface area contributed by atoms with Gasteiger partial charge in [0.05, 0.1) is 31.1 Å². The molecule has 1 aromatic carbocycles. The van der Waals surface area contributed by atoms with E-state index in [2.05, 4.69) is 10.6 Å². The van der Waals surface area contributed by atoms with Crippen LogP contribution in [0, 0.1) is 5.82 Å². The van der Waals surface area contributed by atoms with E-state index in [9.17, 15) is 9.18 Å². The van der Waals surface area contributed by atoms with Crippen LogP contribution >= 0.6 is 0 Å². The molecule has 0 heterocycles. The van der Waals surface area contributed by atoms with Crippen LogP contribution in [0.2, 0.25) is 0 Å². The fourth-order valence-corrected chi connectivity index (χ4v) is 1.52. The topological polar surface area (TPSA) is 85.6 Å². The summed E-state index contributed by atoms with van der Waals surface area (Å²) in [5.74, 6) is -0.632. The van der Waals surface area contributed by atoms with E-state index in [4.69, 9.17) is 15.2 Å². The number of nitrogens with one attached hydrogen (secondary N) is 2. The second-order valence-corrected chi connectivity index (χ2v) is 4.00. The quantitative estimate of drug-likeness (QED) is 0.490. The summed E-state index contributed by atoms with van der Waals surface area (Å²) in [6, 6.07) is 2.60. The van der Waals surface area contributed by atoms with Gasteiger partial charge in [-0.3, -0.25) is 4.79 Å². The Hall–Kier alpha value is -2.02. The van der Waals surface area contributed by atoms with Gasteiger partial charge >= 0.3 is 0 Å². The molecule has 0 unspecified atom stereocenters. The van der Waals surface area contributed by atoms with Crippen molar-refractivity contribution >= 4 is 17.3 Å². The lowest BCUT2D eigenvalue weighted by Crippen LogP contribution is -2.32. The summed E-state index contributed by atoms with van der Waals surface area (Å²) < 4.78 is 23.4. The molecular formula is C13H20FN3O3. The number of nitrogens with two attached hydrogens (primary N) is 1. The van der Waals surface area contributed by atoms with Crippen molar-refractivity contribution in [2.45, 2.75) is 6.92 Å². The van der Waals surface area contributed by atoms with Crippen LogP contribution in [0.5, 0.6) is 5.75 Å². The Morgan fingerprint density at radius 1 is 1.45 bits per heavy atom. The second-order valence-electron chi connectivity index (χ2n) is 4.00. The zero-order chi connectivity index (χ0) is 15.0. The number of rotatable bonds is 8. The lowest BCUT2D eigenvalue weighted by atomic mass is 10.2. The standard InChI is InChI=1S/C13H20FN3O3/c1-3-20-12-7-11(10(15)6-9(12)14)17-8-13(18)16-4-5-19-2/h6-7,17H,3-5,8,15H2,1-2H3,(H,16,18). The zero-order valence-electron chi connectivity index (χ0n) is 11.7. The number of carbonyl (C=O) groups excluding carboxylic acids is 1. The van der Waals surface area contributed by atoms with Crippen LogP contribution in [0.15, 0.2) is 12.1 Å². The number of hydrogen-bond acceptors (Lipinski definition) is 5. The van der Waals surface area contributed by atoms with E-state index in [0.29, 0.717) is 25.4 Å². The summed E-state index contributed by atoms with van der Waals surface area (Å²) in [5.41, 5.74) is 6.36. The first-order valence-corrected chi connectivity index (χ1v) is 6.29. The molecule has 0 aliphatic heterocycles. The fourth-order valence-electron chi connectivity index (χ4n) is 1.52. The largest absolute Gasteiger partial charge is 0.491 e. The molecule has 4 N–H and O–H groups in total. The molecule has 20 heavy (non-hydrogen) atoms. The average molecular weight is 285 g/mol. The van der Waals surface area contributed by atoms with Gasteiger partial charge in [-0.15, -0.1) is 0 Å². The number of ether oxygens (including phenoxy) is 2. The Bertz CT molecular complexity index is 455. The third-order valence-corrected chi connectivity index (χ3v) is 2.47. The van der Waals surface area contributed by atoms with Crippen LogP contribution in [0.1, 0.15) is 6.92 Å². The predicted molar refractivity (Wildman–Crippen MR) is 75.4 cm³/mol. The number of anilines is 2. The van der Waals surface area contributed by atoms with E-state index < -0.39 is 5.82 Å². The summed E-state index contributed by atoms with van der Waals surface area (Å²) in [6.07, 6.45) is 0. The number of hydrogen-bond donors (Lipinski definition) is 3. The third kappa shape index (κ3) is 4.93. The van der Waals surface area contributed by atoms with Gasteiger partial charge in [0.1, 0.15) is 0 Å². The molecule has 0 aliphatic carbocycles.